The molecule has 0 fully saturated rings. The van der Waals surface area contributed by atoms with Gasteiger partial charge < -0.3 is 14.2 Å². The first-order valence-corrected chi connectivity index (χ1v) is 5.28. The molecule has 0 aliphatic carbocycles. The number of carbonyl (C=O) groups excluding carboxylic acids is 1. The zero-order chi connectivity index (χ0) is 14.4. The molecule has 0 saturated heterocycles. The van der Waals surface area contributed by atoms with Crippen LogP contribution < -0.4 is 9.47 Å². The van der Waals surface area contributed by atoms with Gasteiger partial charge in [-0.3, -0.25) is 0 Å². The van der Waals surface area contributed by atoms with Crippen molar-refractivity contribution < 1.29 is 27.8 Å². The summed E-state index contributed by atoms with van der Waals surface area (Å²) in [6, 6.07) is 4.20. The summed E-state index contributed by atoms with van der Waals surface area (Å²) in [6.45, 7) is -1.56. The fourth-order valence-corrected chi connectivity index (χ4v) is 1.43. The zero-order valence-electron chi connectivity index (χ0n) is 10.3. The smallest absolute Gasteiger partial charge is 0.387 e. The monoisotopic (exact) mass is 271 g/mol. The summed E-state index contributed by atoms with van der Waals surface area (Å²) < 4.78 is 38.6. The van der Waals surface area contributed by atoms with Crippen LogP contribution in [0.3, 0.4) is 0 Å². The highest BCUT2D eigenvalue weighted by Gasteiger charge is 2.25. The number of hydrogen-bond acceptors (Lipinski definition) is 5. The Morgan fingerprint density at radius 1 is 1.47 bits per heavy atom. The topological polar surface area (TPSA) is 68.5 Å². The fraction of sp³-hybridized carbons (Fsp3) is 0.333. The van der Waals surface area contributed by atoms with Crippen molar-refractivity contribution in [2.24, 2.45) is 0 Å². The van der Waals surface area contributed by atoms with E-state index in [2.05, 4.69) is 4.74 Å². The molecular formula is C12H11F2NO4. The van der Waals surface area contributed by atoms with Crippen LogP contribution in [-0.2, 0) is 4.74 Å². The number of carbonyl (C=O) groups is 1. The van der Waals surface area contributed by atoms with Gasteiger partial charge >= 0.3 is 12.6 Å². The lowest BCUT2D eigenvalue weighted by atomic mass is 10.1. The summed E-state index contributed by atoms with van der Waals surface area (Å²) in [6.07, 6.45) is 0. The summed E-state index contributed by atoms with van der Waals surface area (Å²) in [5.41, 5.74) is -0.534. The van der Waals surface area contributed by atoms with Crippen LogP contribution in [0.1, 0.15) is 22.8 Å². The third-order valence-corrected chi connectivity index (χ3v) is 2.15. The third kappa shape index (κ3) is 3.31. The number of alkyl halides is 2. The lowest BCUT2D eigenvalue weighted by molar-refractivity contribution is -0.0507. The quantitative estimate of drug-likeness (QED) is 0.769. The maximum atomic E-state index is 12.4. The normalized spacial score (nSPS) is 9.89. The fourth-order valence-electron chi connectivity index (χ4n) is 1.43. The Kier molecular flexibility index (Phi) is 5.06. The van der Waals surface area contributed by atoms with E-state index in [1.54, 1.807) is 13.0 Å². The molecule has 102 valence electrons. The van der Waals surface area contributed by atoms with Crippen molar-refractivity contribution in [3.8, 4) is 17.6 Å². The van der Waals surface area contributed by atoms with Gasteiger partial charge in [-0.25, -0.2) is 4.79 Å². The number of benzene rings is 1. The summed E-state index contributed by atoms with van der Waals surface area (Å²) in [5.74, 6) is -1.45. The molecule has 7 heteroatoms. The molecule has 19 heavy (non-hydrogen) atoms. The summed E-state index contributed by atoms with van der Waals surface area (Å²) in [7, 11) is 1.26. The van der Waals surface area contributed by atoms with Crippen molar-refractivity contribution in [3.63, 3.8) is 0 Å². The van der Waals surface area contributed by atoms with Crippen LogP contribution in [0.5, 0.6) is 11.5 Å². The van der Waals surface area contributed by atoms with E-state index in [-0.39, 0.29) is 23.5 Å². The van der Waals surface area contributed by atoms with Crippen LogP contribution in [0, 0.1) is 11.3 Å². The molecule has 0 spiro atoms. The Balaban J connectivity index is 3.43. The third-order valence-electron chi connectivity index (χ3n) is 2.15. The van der Waals surface area contributed by atoms with Gasteiger partial charge in [-0.15, -0.1) is 0 Å². The minimum Gasteiger partial charge on any atom is -0.496 e. The molecule has 0 heterocycles. The lowest BCUT2D eigenvalue weighted by Crippen LogP contribution is -2.13. The summed E-state index contributed by atoms with van der Waals surface area (Å²) in [4.78, 5) is 11.8. The molecule has 1 rings (SSSR count). The van der Waals surface area contributed by atoms with Crippen LogP contribution in [0.4, 0.5) is 8.78 Å². The van der Waals surface area contributed by atoms with E-state index < -0.39 is 18.3 Å². The first-order chi connectivity index (χ1) is 9.04. The number of nitriles is 1. The second-order valence-corrected chi connectivity index (χ2v) is 3.23. The second kappa shape index (κ2) is 6.54. The molecular weight excluding hydrogens is 260 g/mol. The first kappa shape index (κ1) is 14.7. The number of halogens is 2. The van der Waals surface area contributed by atoms with E-state index >= 15 is 0 Å². The van der Waals surface area contributed by atoms with Gasteiger partial charge in [0.05, 0.1) is 19.3 Å². The van der Waals surface area contributed by atoms with Gasteiger partial charge in [0.15, 0.2) is 5.75 Å². The Morgan fingerprint density at radius 3 is 2.63 bits per heavy atom. The Hall–Kier alpha value is -2.36. The standard InChI is InChI=1S/C12H11F2NO4/c1-3-18-11(16)9-8(17-2)5-4-7(6-15)10(9)19-12(13)14/h4-5,12H,3H2,1-2H3. The summed E-state index contributed by atoms with van der Waals surface area (Å²) in [5, 5.41) is 8.86. The molecule has 1 aromatic rings. The average molecular weight is 271 g/mol. The van der Waals surface area contributed by atoms with Gasteiger partial charge in [0.25, 0.3) is 0 Å². The molecule has 0 N–H and O–H groups in total. The molecule has 1 aromatic carbocycles. The van der Waals surface area contributed by atoms with E-state index in [0.717, 1.165) is 0 Å². The van der Waals surface area contributed by atoms with E-state index in [0.29, 0.717) is 0 Å². The maximum Gasteiger partial charge on any atom is 0.387 e. The van der Waals surface area contributed by atoms with Gasteiger partial charge in [-0.05, 0) is 19.1 Å². The van der Waals surface area contributed by atoms with Crippen molar-refractivity contribution in [1.29, 1.82) is 5.26 Å². The van der Waals surface area contributed by atoms with Gasteiger partial charge in [0.2, 0.25) is 0 Å². The highest BCUT2D eigenvalue weighted by atomic mass is 19.3. The molecule has 0 bridgehead atoms. The molecule has 0 aliphatic heterocycles. The average Bonchev–Trinajstić information content (AvgIpc) is 2.37. The molecule has 0 radical (unpaired) electrons. The molecule has 0 unspecified atom stereocenters. The Bertz CT molecular complexity index is 511. The number of methoxy groups -OCH3 is 1. The SMILES string of the molecule is CCOC(=O)c1c(OC)ccc(C#N)c1OC(F)F. The minimum atomic E-state index is -3.17. The predicted molar refractivity (Wildman–Crippen MR) is 60.3 cm³/mol. The van der Waals surface area contributed by atoms with Crippen molar-refractivity contribution >= 4 is 5.97 Å². The molecule has 0 saturated carbocycles. The largest absolute Gasteiger partial charge is 0.496 e. The minimum absolute atomic E-state index is 0.00639. The number of nitrogens with zero attached hydrogens (tertiary/aromatic N) is 1. The number of ether oxygens (including phenoxy) is 3. The van der Waals surface area contributed by atoms with Crippen LogP contribution in [0.15, 0.2) is 12.1 Å². The molecule has 0 atom stereocenters. The van der Waals surface area contributed by atoms with Gasteiger partial charge in [0, 0.05) is 0 Å². The highest BCUT2D eigenvalue weighted by Crippen LogP contribution is 2.33. The van der Waals surface area contributed by atoms with Crippen molar-refractivity contribution in [2.75, 3.05) is 13.7 Å². The Morgan fingerprint density at radius 2 is 2.16 bits per heavy atom. The summed E-state index contributed by atoms with van der Waals surface area (Å²) >= 11 is 0. The number of hydrogen-bond donors (Lipinski definition) is 0. The molecule has 0 amide bonds. The van der Waals surface area contributed by atoms with E-state index in [9.17, 15) is 13.6 Å². The van der Waals surface area contributed by atoms with Crippen LogP contribution >= 0.6 is 0 Å². The molecule has 0 aromatic heterocycles. The number of rotatable bonds is 5. The highest BCUT2D eigenvalue weighted by molar-refractivity contribution is 5.96. The van der Waals surface area contributed by atoms with Gasteiger partial charge in [-0.2, -0.15) is 14.0 Å². The second-order valence-electron chi connectivity index (χ2n) is 3.23. The van der Waals surface area contributed by atoms with Crippen molar-refractivity contribution in [3.05, 3.63) is 23.3 Å². The van der Waals surface area contributed by atoms with Crippen molar-refractivity contribution in [1.82, 2.24) is 0 Å². The number of esters is 1. The maximum absolute atomic E-state index is 12.4. The van der Waals surface area contributed by atoms with E-state index in [1.165, 1.54) is 19.2 Å². The zero-order valence-corrected chi connectivity index (χ0v) is 10.3. The van der Waals surface area contributed by atoms with Gasteiger partial charge in [0.1, 0.15) is 17.4 Å². The van der Waals surface area contributed by atoms with Crippen molar-refractivity contribution in [2.45, 2.75) is 13.5 Å². The van der Waals surface area contributed by atoms with Crippen LogP contribution in [0.2, 0.25) is 0 Å². The van der Waals surface area contributed by atoms with E-state index in [4.69, 9.17) is 14.7 Å². The van der Waals surface area contributed by atoms with Crippen LogP contribution in [0.25, 0.3) is 0 Å². The Labute approximate surface area is 108 Å². The van der Waals surface area contributed by atoms with Crippen LogP contribution in [-0.4, -0.2) is 26.3 Å². The molecule has 5 nitrogen and oxygen atoms in total. The van der Waals surface area contributed by atoms with E-state index in [1.807, 2.05) is 0 Å². The lowest BCUT2D eigenvalue weighted by Gasteiger charge is -2.14. The first-order valence-electron chi connectivity index (χ1n) is 5.28. The predicted octanol–water partition coefficient (Wildman–Crippen LogP) is 2.34. The van der Waals surface area contributed by atoms with Gasteiger partial charge in [-0.1, -0.05) is 0 Å². The molecule has 0 aliphatic rings.